The molecule has 2 N–H and O–H groups in total. The second kappa shape index (κ2) is 7.16. The standard InChI is InChI=1S/C11H15NO3S.H2O/c1-2-11-7-3-4-8-12(11)9-5-6-10-16(13,14)15;/h2-4,7-8H,1,5-6,9-10H2;1H2. The molecule has 0 fully saturated rings. The summed E-state index contributed by atoms with van der Waals surface area (Å²) in [5, 5.41) is 0. The van der Waals surface area contributed by atoms with Gasteiger partial charge in [-0.15, -0.1) is 0 Å². The van der Waals surface area contributed by atoms with Crippen LogP contribution in [0.25, 0.3) is 6.08 Å². The number of aryl methyl sites for hydroxylation is 1. The SMILES string of the molecule is C=Cc1cccc[n+]1CCCCS(=O)(=O)O.[OH-]. The molecule has 0 amide bonds. The molecule has 0 atom stereocenters. The highest BCUT2D eigenvalue weighted by Crippen LogP contribution is 1.97. The largest absolute Gasteiger partial charge is 0.870 e. The van der Waals surface area contributed by atoms with Crippen molar-refractivity contribution in [2.24, 2.45) is 0 Å². The van der Waals surface area contributed by atoms with Gasteiger partial charge in [-0.3, -0.25) is 4.55 Å². The molecule has 17 heavy (non-hydrogen) atoms. The van der Waals surface area contributed by atoms with Crippen LogP contribution in [0.4, 0.5) is 0 Å². The van der Waals surface area contributed by atoms with Gasteiger partial charge in [0.05, 0.1) is 5.75 Å². The van der Waals surface area contributed by atoms with Gasteiger partial charge in [-0.2, -0.15) is 13.0 Å². The first-order valence-corrected chi connectivity index (χ1v) is 6.70. The maximum absolute atomic E-state index is 10.5. The zero-order valence-electron chi connectivity index (χ0n) is 9.49. The first-order valence-electron chi connectivity index (χ1n) is 5.09. The predicted molar refractivity (Wildman–Crippen MR) is 64.3 cm³/mol. The van der Waals surface area contributed by atoms with Crippen molar-refractivity contribution < 1.29 is 23.0 Å². The van der Waals surface area contributed by atoms with Gasteiger partial charge >= 0.3 is 0 Å². The first-order chi connectivity index (χ1) is 7.53. The van der Waals surface area contributed by atoms with Gasteiger partial charge in [0.25, 0.3) is 10.1 Å². The van der Waals surface area contributed by atoms with Crippen molar-refractivity contribution in [3.05, 3.63) is 36.7 Å². The average Bonchev–Trinajstić information content (AvgIpc) is 2.23. The summed E-state index contributed by atoms with van der Waals surface area (Å²) < 4.78 is 31.6. The van der Waals surface area contributed by atoms with E-state index in [1.807, 2.05) is 29.0 Å². The van der Waals surface area contributed by atoms with Crippen molar-refractivity contribution in [3.8, 4) is 0 Å². The number of unbranched alkanes of at least 4 members (excludes halogenated alkanes) is 1. The minimum absolute atomic E-state index is 0. The molecule has 0 bridgehead atoms. The van der Waals surface area contributed by atoms with Crippen molar-refractivity contribution >= 4 is 16.2 Å². The normalized spacial score (nSPS) is 10.6. The summed E-state index contributed by atoms with van der Waals surface area (Å²) in [5.74, 6) is -0.177. The Morgan fingerprint density at radius 1 is 1.35 bits per heavy atom. The van der Waals surface area contributed by atoms with Crippen LogP contribution < -0.4 is 4.57 Å². The topological polar surface area (TPSA) is 88.2 Å². The molecule has 0 spiro atoms. The van der Waals surface area contributed by atoms with E-state index in [1.165, 1.54) is 0 Å². The van der Waals surface area contributed by atoms with E-state index in [-0.39, 0.29) is 11.2 Å². The van der Waals surface area contributed by atoms with Crippen molar-refractivity contribution in [1.29, 1.82) is 0 Å². The van der Waals surface area contributed by atoms with Crippen molar-refractivity contribution in [3.63, 3.8) is 0 Å². The highest BCUT2D eigenvalue weighted by Gasteiger charge is 2.08. The lowest BCUT2D eigenvalue weighted by Gasteiger charge is -2.00. The van der Waals surface area contributed by atoms with E-state index in [2.05, 4.69) is 6.58 Å². The van der Waals surface area contributed by atoms with Crippen LogP contribution in [0.2, 0.25) is 0 Å². The number of nitrogens with zero attached hydrogens (tertiary/aromatic N) is 1. The van der Waals surface area contributed by atoms with E-state index in [0.717, 1.165) is 12.2 Å². The predicted octanol–water partition coefficient (Wildman–Crippen LogP) is 1.11. The zero-order chi connectivity index (χ0) is 12.0. The van der Waals surface area contributed by atoms with Crippen LogP contribution >= 0.6 is 0 Å². The molecule has 5 nitrogen and oxygen atoms in total. The third kappa shape index (κ3) is 6.15. The van der Waals surface area contributed by atoms with Gasteiger partial charge in [0, 0.05) is 24.6 Å². The van der Waals surface area contributed by atoms with Gasteiger partial charge in [0.2, 0.25) is 5.69 Å². The van der Waals surface area contributed by atoms with Gasteiger partial charge in [0.1, 0.15) is 6.54 Å². The minimum atomic E-state index is -3.82. The molecular formula is C11H17NO4S. The van der Waals surface area contributed by atoms with Crippen LogP contribution in [0.3, 0.4) is 0 Å². The van der Waals surface area contributed by atoms with Crippen LogP contribution in [-0.2, 0) is 16.7 Å². The number of aromatic nitrogens is 1. The number of pyridine rings is 1. The van der Waals surface area contributed by atoms with E-state index >= 15 is 0 Å². The monoisotopic (exact) mass is 259 g/mol. The molecule has 1 rings (SSSR count). The summed E-state index contributed by atoms with van der Waals surface area (Å²) in [6, 6.07) is 5.78. The Morgan fingerprint density at radius 2 is 2.06 bits per heavy atom. The Hall–Kier alpha value is -1.24. The highest BCUT2D eigenvalue weighted by atomic mass is 32.2. The van der Waals surface area contributed by atoms with Gasteiger partial charge in [-0.25, -0.2) is 0 Å². The first kappa shape index (κ1) is 15.8. The van der Waals surface area contributed by atoms with Crippen LogP contribution in [0.15, 0.2) is 31.0 Å². The van der Waals surface area contributed by atoms with Crippen molar-refractivity contribution in [1.82, 2.24) is 0 Å². The molecule has 0 unspecified atom stereocenters. The highest BCUT2D eigenvalue weighted by molar-refractivity contribution is 7.85. The molecule has 0 aromatic carbocycles. The molecule has 0 aliphatic rings. The van der Waals surface area contributed by atoms with Gasteiger partial charge < -0.3 is 5.48 Å². The third-order valence-corrected chi connectivity index (χ3v) is 3.04. The fourth-order valence-electron chi connectivity index (χ4n) is 1.45. The Labute approximate surface area is 101 Å². The van der Waals surface area contributed by atoms with E-state index in [4.69, 9.17) is 4.55 Å². The Balaban J connectivity index is 0.00000256. The molecule has 1 heterocycles. The fourth-order valence-corrected chi connectivity index (χ4v) is 2.01. The maximum Gasteiger partial charge on any atom is 0.264 e. The smallest absolute Gasteiger partial charge is 0.264 e. The van der Waals surface area contributed by atoms with Crippen LogP contribution in [-0.4, -0.2) is 24.2 Å². The summed E-state index contributed by atoms with van der Waals surface area (Å²) in [6.45, 7) is 4.42. The molecule has 0 radical (unpaired) electrons. The molecule has 0 saturated carbocycles. The molecular weight excluding hydrogens is 242 g/mol. The quantitative estimate of drug-likeness (QED) is 0.471. The lowest BCUT2D eigenvalue weighted by Crippen LogP contribution is -2.36. The second-order valence-corrected chi connectivity index (χ2v) is 5.09. The van der Waals surface area contributed by atoms with Gasteiger partial charge in [-0.05, 0) is 12.5 Å². The molecule has 6 heteroatoms. The Bertz CT molecular complexity index is 456. The summed E-state index contributed by atoms with van der Waals surface area (Å²) in [5.41, 5.74) is 0.995. The van der Waals surface area contributed by atoms with E-state index in [1.54, 1.807) is 6.08 Å². The van der Waals surface area contributed by atoms with E-state index < -0.39 is 10.1 Å². The number of hydrogen-bond donors (Lipinski definition) is 1. The van der Waals surface area contributed by atoms with Gasteiger partial charge in [-0.1, -0.05) is 6.58 Å². The van der Waals surface area contributed by atoms with E-state index in [9.17, 15) is 8.42 Å². The van der Waals surface area contributed by atoms with Crippen LogP contribution in [0.1, 0.15) is 18.5 Å². The Morgan fingerprint density at radius 3 is 2.65 bits per heavy atom. The molecule has 0 aliphatic heterocycles. The van der Waals surface area contributed by atoms with Crippen LogP contribution in [0.5, 0.6) is 0 Å². The molecule has 1 aromatic rings. The third-order valence-electron chi connectivity index (χ3n) is 2.24. The summed E-state index contributed by atoms with van der Waals surface area (Å²) in [7, 11) is -3.82. The van der Waals surface area contributed by atoms with Crippen molar-refractivity contribution in [2.75, 3.05) is 5.75 Å². The van der Waals surface area contributed by atoms with Crippen LogP contribution in [0, 0.1) is 0 Å². The minimum Gasteiger partial charge on any atom is -0.870 e. The van der Waals surface area contributed by atoms with Gasteiger partial charge in [0.15, 0.2) is 6.20 Å². The van der Waals surface area contributed by atoms with E-state index in [0.29, 0.717) is 12.8 Å². The number of hydrogen-bond acceptors (Lipinski definition) is 3. The second-order valence-electron chi connectivity index (χ2n) is 3.52. The fraction of sp³-hybridized carbons (Fsp3) is 0.364. The lowest BCUT2D eigenvalue weighted by atomic mass is 10.3. The zero-order valence-corrected chi connectivity index (χ0v) is 10.3. The molecule has 0 aliphatic carbocycles. The summed E-state index contributed by atoms with van der Waals surface area (Å²) in [6.07, 6.45) is 4.83. The number of rotatable bonds is 6. The Kier molecular flexibility index (Phi) is 6.64. The average molecular weight is 259 g/mol. The molecule has 96 valence electrons. The maximum atomic E-state index is 10.5. The lowest BCUT2D eigenvalue weighted by molar-refractivity contribution is -0.699. The van der Waals surface area contributed by atoms with Crippen molar-refractivity contribution in [2.45, 2.75) is 19.4 Å². The summed E-state index contributed by atoms with van der Waals surface area (Å²) in [4.78, 5) is 0. The summed E-state index contributed by atoms with van der Waals surface area (Å²) >= 11 is 0. The molecule has 0 saturated heterocycles. The molecule has 1 aromatic heterocycles.